The van der Waals surface area contributed by atoms with Gasteiger partial charge in [0.1, 0.15) is 0 Å². The lowest BCUT2D eigenvalue weighted by Crippen LogP contribution is -2.46. The van der Waals surface area contributed by atoms with Crippen LogP contribution in [0.4, 0.5) is 11.4 Å². The summed E-state index contributed by atoms with van der Waals surface area (Å²) in [5.41, 5.74) is 5.46. The number of hydrogen-bond acceptors (Lipinski definition) is 5. The van der Waals surface area contributed by atoms with Crippen molar-refractivity contribution in [3.8, 4) is 0 Å². The minimum atomic E-state index is -0.0293. The number of benzene rings is 3. The molecule has 5 rings (SSSR count). The molecule has 6 heteroatoms. The number of carbonyl (C=O) groups excluding carboxylic acids is 1. The first-order valence-corrected chi connectivity index (χ1v) is 12.6. The van der Waals surface area contributed by atoms with E-state index in [-0.39, 0.29) is 5.91 Å². The molecule has 2 aliphatic rings. The fourth-order valence-electron chi connectivity index (χ4n) is 4.94. The van der Waals surface area contributed by atoms with Crippen molar-refractivity contribution in [3.63, 3.8) is 0 Å². The van der Waals surface area contributed by atoms with E-state index in [1.807, 2.05) is 24.3 Å². The normalized spacial score (nSPS) is 16.8. The smallest absolute Gasteiger partial charge is 0.253 e. The Bertz CT molecular complexity index is 1110. The molecule has 1 N–H and O–H groups in total. The van der Waals surface area contributed by atoms with E-state index in [1.165, 1.54) is 16.8 Å². The zero-order valence-corrected chi connectivity index (χ0v) is 20.2. The van der Waals surface area contributed by atoms with Gasteiger partial charge in [0.05, 0.1) is 18.8 Å². The van der Waals surface area contributed by atoms with E-state index in [2.05, 4.69) is 74.6 Å². The van der Waals surface area contributed by atoms with Gasteiger partial charge in [0.2, 0.25) is 0 Å². The molecule has 3 aromatic carbocycles. The summed E-state index contributed by atoms with van der Waals surface area (Å²) in [6.45, 7) is 8.56. The van der Waals surface area contributed by atoms with Crippen LogP contribution in [0.3, 0.4) is 0 Å². The third-order valence-corrected chi connectivity index (χ3v) is 6.95. The minimum absolute atomic E-state index is 0.0293. The summed E-state index contributed by atoms with van der Waals surface area (Å²) < 4.78 is 5.48. The standard InChI is InChI=1S/C29H34N4O2/c34-29(27-12-6-7-13-28(27)33-18-20-35-21-19-33)30-22-24-8-4-5-9-25(24)23-31-14-16-32(17-15-31)26-10-2-1-3-11-26/h1-13H,14-23H2,(H,30,34). The zero-order chi connectivity index (χ0) is 23.9. The van der Waals surface area contributed by atoms with Gasteiger partial charge in [-0.05, 0) is 35.4 Å². The maximum Gasteiger partial charge on any atom is 0.253 e. The molecule has 0 saturated carbocycles. The number of ether oxygens (including phenoxy) is 1. The Labute approximate surface area is 208 Å². The maximum atomic E-state index is 13.2. The van der Waals surface area contributed by atoms with Crippen LogP contribution in [0, 0.1) is 0 Å². The highest BCUT2D eigenvalue weighted by molar-refractivity contribution is 5.99. The van der Waals surface area contributed by atoms with Crippen LogP contribution in [0.1, 0.15) is 21.5 Å². The van der Waals surface area contributed by atoms with Gasteiger partial charge in [-0.1, -0.05) is 54.6 Å². The number of morpholine rings is 1. The highest BCUT2D eigenvalue weighted by atomic mass is 16.5. The fraction of sp³-hybridized carbons (Fsp3) is 0.345. The number of amides is 1. The fourth-order valence-corrected chi connectivity index (χ4v) is 4.94. The van der Waals surface area contributed by atoms with E-state index in [4.69, 9.17) is 4.74 Å². The monoisotopic (exact) mass is 470 g/mol. The maximum absolute atomic E-state index is 13.2. The van der Waals surface area contributed by atoms with Gasteiger partial charge >= 0.3 is 0 Å². The molecule has 35 heavy (non-hydrogen) atoms. The molecule has 2 heterocycles. The second-order valence-electron chi connectivity index (χ2n) is 9.17. The molecule has 0 bridgehead atoms. The van der Waals surface area contributed by atoms with Gasteiger partial charge in [-0.2, -0.15) is 0 Å². The molecule has 0 aromatic heterocycles. The van der Waals surface area contributed by atoms with Crippen LogP contribution >= 0.6 is 0 Å². The largest absolute Gasteiger partial charge is 0.378 e. The lowest BCUT2D eigenvalue weighted by atomic mass is 10.1. The Balaban J connectivity index is 1.19. The van der Waals surface area contributed by atoms with E-state index in [0.717, 1.165) is 57.1 Å². The molecular weight excluding hydrogens is 436 g/mol. The third-order valence-electron chi connectivity index (χ3n) is 6.95. The van der Waals surface area contributed by atoms with Crippen molar-refractivity contribution in [2.45, 2.75) is 13.1 Å². The lowest BCUT2D eigenvalue weighted by molar-refractivity contribution is 0.0949. The Morgan fingerprint density at radius 3 is 2.14 bits per heavy atom. The van der Waals surface area contributed by atoms with Crippen molar-refractivity contribution < 1.29 is 9.53 Å². The Kier molecular flexibility index (Phi) is 7.61. The first kappa shape index (κ1) is 23.4. The Morgan fingerprint density at radius 1 is 0.714 bits per heavy atom. The minimum Gasteiger partial charge on any atom is -0.378 e. The lowest BCUT2D eigenvalue weighted by Gasteiger charge is -2.36. The highest BCUT2D eigenvalue weighted by Crippen LogP contribution is 2.22. The number of nitrogens with zero attached hydrogens (tertiary/aromatic N) is 3. The van der Waals surface area contributed by atoms with Gasteiger partial charge in [0.25, 0.3) is 5.91 Å². The van der Waals surface area contributed by atoms with Crippen LogP contribution in [0.25, 0.3) is 0 Å². The summed E-state index contributed by atoms with van der Waals surface area (Å²) in [7, 11) is 0. The number of nitrogens with one attached hydrogen (secondary N) is 1. The molecule has 182 valence electrons. The van der Waals surface area contributed by atoms with Gasteiger partial charge in [0, 0.05) is 63.7 Å². The van der Waals surface area contributed by atoms with Gasteiger partial charge in [-0.3, -0.25) is 9.69 Å². The molecule has 0 radical (unpaired) electrons. The number of para-hydroxylation sites is 2. The molecule has 3 aromatic rings. The second kappa shape index (κ2) is 11.4. The number of hydrogen-bond donors (Lipinski definition) is 1. The SMILES string of the molecule is O=C(NCc1ccccc1CN1CCN(c2ccccc2)CC1)c1ccccc1N1CCOCC1. The first-order chi connectivity index (χ1) is 17.3. The highest BCUT2D eigenvalue weighted by Gasteiger charge is 2.20. The van der Waals surface area contributed by atoms with E-state index in [0.29, 0.717) is 19.8 Å². The molecule has 0 aliphatic carbocycles. The van der Waals surface area contributed by atoms with Crippen LogP contribution in [0.2, 0.25) is 0 Å². The topological polar surface area (TPSA) is 48.1 Å². The van der Waals surface area contributed by atoms with Gasteiger partial charge in [-0.15, -0.1) is 0 Å². The molecule has 0 atom stereocenters. The van der Waals surface area contributed by atoms with E-state index >= 15 is 0 Å². The second-order valence-corrected chi connectivity index (χ2v) is 9.17. The van der Waals surface area contributed by atoms with Crippen LogP contribution in [0.15, 0.2) is 78.9 Å². The van der Waals surface area contributed by atoms with Crippen molar-refractivity contribution in [1.82, 2.24) is 10.2 Å². The molecule has 0 unspecified atom stereocenters. The van der Waals surface area contributed by atoms with Gasteiger partial charge in [-0.25, -0.2) is 0 Å². The predicted octanol–water partition coefficient (Wildman–Crippen LogP) is 3.78. The van der Waals surface area contributed by atoms with Gasteiger partial charge < -0.3 is 19.9 Å². The number of carbonyl (C=O) groups is 1. The van der Waals surface area contributed by atoms with Crippen LogP contribution < -0.4 is 15.1 Å². The van der Waals surface area contributed by atoms with Crippen LogP contribution in [-0.4, -0.2) is 63.3 Å². The van der Waals surface area contributed by atoms with Gasteiger partial charge in [0.15, 0.2) is 0 Å². The van der Waals surface area contributed by atoms with Crippen LogP contribution in [0.5, 0.6) is 0 Å². The van der Waals surface area contributed by atoms with Crippen molar-refractivity contribution in [2.75, 3.05) is 62.3 Å². The molecule has 1 amide bonds. The van der Waals surface area contributed by atoms with E-state index < -0.39 is 0 Å². The number of piperazine rings is 1. The third kappa shape index (κ3) is 5.84. The molecule has 2 aliphatic heterocycles. The van der Waals surface area contributed by atoms with E-state index in [9.17, 15) is 4.79 Å². The van der Waals surface area contributed by atoms with Crippen molar-refractivity contribution in [1.29, 1.82) is 0 Å². The quantitative estimate of drug-likeness (QED) is 0.570. The summed E-state index contributed by atoms with van der Waals surface area (Å²) in [4.78, 5) is 20.4. The average molecular weight is 471 g/mol. The first-order valence-electron chi connectivity index (χ1n) is 12.6. The average Bonchev–Trinajstić information content (AvgIpc) is 2.94. The summed E-state index contributed by atoms with van der Waals surface area (Å²) >= 11 is 0. The van der Waals surface area contributed by atoms with Crippen molar-refractivity contribution >= 4 is 17.3 Å². The summed E-state index contributed by atoms with van der Waals surface area (Å²) in [5.74, 6) is -0.0293. The Morgan fingerprint density at radius 2 is 1.37 bits per heavy atom. The zero-order valence-electron chi connectivity index (χ0n) is 20.2. The summed E-state index contributed by atoms with van der Waals surface area (Å²) in [6, 6.07) is 27.0. The molecule has 0 spiro atoms. The summed E-state index contributed by atoms with van der Waals surface area (Å²) in [5, 5.41) is 3.18. The number of rotatable bonds is 7. The predicted molar refractivity (Wildman–Crippen MR) is 141 cm³/mol. The van der Waals surface area contributed by atoms with E-state index in [1.54, 1.807) is 0 Å². The molecule has 2 fully saturated rings. The molecular formula is C29H34N4O2. The molecule has 2 saturated heterocycles. The Hall–Kier alpha value is -3.35. The van der Waals surface area contributed by atoms with Crippen LogP contribution in [-0.2, 0) is 17.8 Å². The summed E-state index contributed by atoms with van der Waals surface area (Å²) in [6.07, 6.45) is 0. The van der Waals surface area contributed by atoms with Crippen molar-refractivity contribution in [3.05, 3.63) is 95.6 Å². The number of anilines is 2. The van der Waals surface area contributed by atoms with Crippen molar-refractivity contribution in [2.24, 2.45) is 0 Å². The molecule has 6 nitrogen and oxygen atoms in total.